The lowest BCUT2D eigenvalue weighted by molar-refractivity contribution is -0.167. The van der Waals surface area contributed by atoms with Gasteiger partial charge in [0.25, 0.3) is 0 Å². The molecule has 0 saturated heterocycles. The van der Waals surface area contributed by atoms with E-state index in [0.717, 1.165) is 75.5 Å². The van der Waals surface area contributed by atoms with Crippen LogP contribution in [-0.4, -0.2) is 37.2 Å². The summed E-state index contributed by atoms with van der Waals surface area (Å²) in [7, 11) is 0. The van der Waals surface area contributed by atoms with E-state index in [9.17, 15) is 14.4 Å². The third-order valence-corrected chi connectivity index (χ3v) is 15.9. The second-order valence-corrected chi connectivity index (χ2v) is 23.7. The molecule has 428 valence electrons. The second kappa shape index (κ2) is 57.1. The first-order valence-electron chi connectivity index (χ1n) is 32.7. The first-order chi connectivity index (χ1) is 35.2. The number of hydrogen-bond acceptors (Lipinski definition) is 6. The van der Waals surface area contributed by atoms with E-state index >= 15 is 0 Å². The molecule has 6 nitrogen and oxygen atoms in total. The van der Waals surface area contributed by atoms with Crippen molar-refractivity contribution in [1.82, 2.24) is 0 Å². The van der Waals surface area contributed by atoms with E-state index < -0.39 is 6.10 Å². The molecule has 0 radical (unpaired) electrons. The van der Waals surface area contributed by atoms with Crippen LogP contribution in [0.1, 0.15) is 369 Å². The van der Waals surface area contributed by atoms with Gasteiger partial charge in [0.1, 0.15) is 13.2 Å². The third kappa shape index (κ3) is 56.1. The summed E-state index contributed by atoms with van der Waals surface area (Å²) in [6.07, 6.45) is 62.4. The molecule has 0 aromatic carbocycles. The summed E-state index contributed by atoms with van der Waals surface area (Å²) < 4.78 is 17.0. The van der Waals surface area contributed by atoms with Crippen molar-refractivity contribution in [3.05, 3.63) is 0 Å². The van der Waals surface area contributed by atoms with E-state index in [1.165, 1.54) is 250 Å². The fraction of sp³-hybridized carbons (Fsp3) is 0.955. The van der Waals surface area contributed by atoms with Gasteiger partial charge in [0.2, 0.25) is 0 Å². The zero-order chi connectivity index (χ0) is 52.6. The van der Waals surface area contributed by atoms with Crippen molar-refractivity contribution < 1.29 is 28.6 Å². The van der Waals surface area contributed by atoms with Crippen molar-refractivity contribution in [2.75, 3.05) is 13.2 Å². The van der Waals surface area contributed by atoms with Crippen molar-refractivity contribution >= 4 is 17.9 Å². The van der Waals surface area contributed by atoms with Crippen LogP contribution < -0.4 is 0 Å². The molecule has 0 saturated carbocycles. The summed E-state index contributed by atoms with van der Waals surface area (Å²) >= 11 is 0. The SMILES string of the molecule is CCC(C)CCCCCCCCCCCCCCCCCCCCC(=O)OC[C@@H](COC(=O)CCCCCCCCCCCCCC(C)C)OC(=O)CCCCCCCCCCCCCCCCC(C)CC. The molecule has 0 N–H and O–H groups in total. The summed E-state index contributed by atoms with van der Waals surface area (Å²) in [6.45, 7) is 13.9. The normalized spacial score (nSPS) is 12.9. The lowest BCUT2D eigenvalue weighted by Crippen LogP contribution is -2.30. The number of carbonyl (C=O) groups excluding carboxylic acids is 3. The highest BCUT2D eigenvalue weighted by molar-refractivity contribution is 5.71. The molecule has 0 aromatic heterocycles. The van der Waals surface area contributed by atoms with Gasteiger partial charge in [0.15, 0.2) is 6.10 Å². The van der Waals surface area contributed by atoms with Gasteiger partial charge in [0, 0.05) is 19.3 Å². The van der Waals surface area contributed by atoms with Gasteiger partial charge in [-0.25, -0.2) is 0 Å². The largest absolute Gasteiger partial charge is 0.462 e. The maximum Gasteiger partial charge on any atom is 0.306 e. The van der Waals surface area contributed by atoms with Crippen LogP contribution in [0, 0.1) is 17.8 Å². The molecule has 0 bridgehead atoms. The van der Waals surface area contributed by atoms with Gasteiger partial charge in [-0.1, -0.05) is 330 Å². The molecular weight excluding hydrogens is 889 g/mol. The van der Waals surface area contributed by atoms with E-state index in [1.54, 1.807) is 0 Å². The molecule has 0 fully saturated rings. The molecule has 0 aliphatic carbocycles. The molecule has 3 atom stereocenters. The van der Waals surface area contributed by atoms with Crippen LogP contribution in [0.25, 0.3) is 0 Å². The monoisotopic (exact) mass is 1020 g/mol. The zero-order valence-corrected chi connectivity index (χ0v) is 49.7. The standard InChI is InChI=1S/C66H128O6/c1-7-61(5)53-47-41-35-29-23-17-13-11-9-10-12-14-19-25-31-37-43-49-55-64(67)70-58-63(59-71-65(68)56-50-44-38-32-27-21-22-28-34-40-46-52-60(3)4)72-66(69)57-51-45-39-33-26-20-16-15-18-24-30-36-42-48-54-62(6)8-2/h60-63H,7-59H2,1-6H3/t61?,62?,63-/m0/s1. The van der Waals surface area contributed by atoms with Gasteiger partial charge in [-0.3, -0.25) is 14.4 Å². The van der Waals surface area contributed by atoms with Gasteiger partial charge in [0.05, 0.1) is 0 Å². The van der Waals surface area contributed by atoms with Gasteiger partial charge in [-0.05, 0) is 37.0 Å². The first kappa shape index (κ1) is 70.4. The Balaban J connectivity index is 4.26. The van der Waals surface area contributed by atoms with Gasteiger partial charge < -0.3 is 14.2 Å². The molecule has 0 heterocycles. The Kier molecular flexibility index (Phi) is 55.9. The Morgan fingerprint density at radius 2 is 0.486 bits per heavy atom. The molecule has 0 aliphatic heterocycles. The van der Waals surface area contributed by atoms with E-state index in [-0.39, 0.29) is 31.1 Å². The Labute approximate surface area is 450 Å². The van der Waals surface area contributed by atoms with Gasteiger partial charge in [-0.2, -0.15) is 0 Å². The Morgan fingerprint density at radius 1 is 0.278 bits per heavy atom. The predicted molar refractivity (Wildman–Crippen MR) is 312 cm³/mol. The minimum Gasteiger partial charge on any atom is -0.462 e. The highest BCUT2D eigenvalue weighted by atomic mass is 16.6. The fourth-order valence-electron chi connectivity index (χ4n) is 10.2. The smallest absolute Gasteiger partial charge is 0.306 e. The van der Waals surface area contributed by atoms with Crippen molar-refractivity contribution in [2.45, 2.75) is 375 Å². The third-order valence-electron chi connectivity index (χ3n) is 15.9. The first-order valence-corrected chi connectivity index (χ1v) is 32.7. The Bertz CT molecular complexity index is 1120. The minimum absolute atomic E-state index is 0.0626. The Hall–Kier alpha value is -1.59. The van der Waals surface area contributed by atoms with Crippen molar-refractivity contribution in [2.24, 2.45) is 17.8 Å². The highest BCUT2D eigenvalue weighted by Crippen LogP contribution is 2.20. The summed E-state index contributed by atoms with van der Waals surface area (Å²) in [5, 5.41) is 0. The maximum atomic E-state index is 12.9. The van der Waals surface area contributed by atoms with Crippen molar-refractivity contribution in [3.63, 3.8) is 0 Å². The number of ether oxygens (including phenoxy) is 3. The van der Waals surface area contributed by atoms with E-state index in [1.807, 2.05) is 0 Å². The van der Waals surface area contributed by atoms with Crippen LogP contribution in [-0.2, 0) is 28.6 Å². The van der Waals surface area contributed by atoms with E-state index in [4.69, 9.17) is 14.2 Å². The van der Waals surface area contributed by atoms with Crippen LogP contribution in [0.3, 0.4) is 0 Å². The number of carbonyl (C=O) groups is 3. The molecule has 0 amide bonds. The van der Waals surface area contributed by atoms with Gasteiger partial charge >= 0.3 is 17.9 Å². The minimum atomic E-state index is -0.765. The number of esters is 3. The average molecular weight is 1020 g/mol. The molecule has 0 rings (SSSR count). The number of hydrogen-bond donors (Lipinski definition) is 0. The van der Waals surface area contributed by atoms with Gasteiger partial charge in [-0.15, -0.1) is 0 Å². The summed E-state index contributed by atoms with van der Waals surface area (Å²) in [5.74, 6) is 1.80. The molecule has 2 unspecified atom stereocenters. The summed E-state index contributed by atoms with van der Waals surface area (Å²) in [4.78, 5) is 38.3. The van der Waals surface area contributed by atoms with Crippen LogP contribution in [0.4, 0.5) is 0 Å². The lowest BCUT2D eigenvalue weighted by atomic mass is 9.99. The zero-order valence-electron chi connectivity index (χ0n) is 49.7. The highest BCUT2D eigenvalue weighted by Gasteiger charge is 2.20. The summed E-state index contributed by atoms with van der Waals surface area (Å²) in [5.41, 5.74) is 0. The van der Waals surface area contributed by atoms with E-state index in [2.05, 4.69) is 41.5 Å². The molecule has 72 heavy (non-hydrogen) atoms. The second-order valence-electron chi connectivity index (χ2n) is 23.7. The number of unbranched alkanes of at least 4 members (excludes halogenated alkanes) is 40. The average Bonchev–Trinajstić information content (AvgIpc) is 3.37. The summed E-state index contributed by atoms with van der Waals surface area (Å²) in [6, 6.07) is 0. The van der Waals surface area contributed by atoms with Crippen molar-refractivity contribution in [3.8, 4) is 0 Å². The van der Waals surface area contributed by atoms with Crippen LogP contribution >= 0.6 is 0 Å². The molecule has 0 aromatic rings. The quantitative estimate of drug-likeness (QED) is 0.0343. The molecular formula is C66H128O6. The maximum absolute atomic E-state index is 12.9. The lowest BCUT2D eigenvalue weighted by Gasteiger charge is -2.18. The molecule has 6 heteroatoms. The van der Waals surface area contributed by atoms with E-state index in [0.29, 0.717) is 19.3 Å². The topological polar surface area (TPSA) is 78.9 Å². The Morgan fingerprint density at radius 3 is 0.722 bits per heavy atom. The molecule has 0 spiro atoms. The van der Waals surface area contributed by atoms with Crippen LogP contribution in [0.5, 0.6) is 0 Å². The number of rotatable bonds is 59. The van der Waals surface area contributed by atoms with Crippen LogP contribution in [0.2, 0.25) is 0 Å². The van der Waals surface area contributed by atoms with Crippen LogP contribution in [0.15, 0.2) is 0 Å². The van der Waals surface area contributed by atoms with Crippen molar-refractivity contribution in [1.29, 1.82) is 0 Å². The fourth-order valence-corrected chi connectivity index (χ4v) is 10.2. The molecule has 0 aliphatic rings. The predicted octanol–water partition coefficient (Wildman–Crippen LogP) is 21.8.